The van der Waals surface area contributed by atoms with Crippen LogP contribution in [0.25, 0.3) is 0 Å². The van der Waals surface area contributed by atoms with Gasteiger partial charge in [-0.3, -0.25) is 9.52 Å². The Balaban J connectivity index is 2.14. The fourth-order valence-corrected chi connectivity index (χ4v) is 3.47. The number of amides is 1. The van der Waals surface area contributed by atoms with E-state index < -0.39 is 27.9 Å². The van der Waals surface area contributed by atoms with Crippen molar-refractivity contribution in [3.63, 3.8) is 0 Å². The molecule has 2 aromatic rings. The molecule has 1 amide bonds. The minimum Gasteiger partial charge on any atom is -0.464 e. The summed E-state index contributed by atoms with van der Waals surface area (Å²) < 4.78 is 32.9. The number of benzene rings is 2. The summed E-state index contributed by atoms with van der Waals surface area (Å²) in [4.78, 5) is 24.0. The highest BCUT2D eigenvalue weighted by Crippen LogP contribution is 2.19. The molecule has 1 atom stereocenters. The first-order valence-corrected chi connectivity index (χ1v) is 10.4. The van der Waals surface area contributed by atoms with Crippen LogP contribution in [0.15, 0.2) is 57.9 Å². The molecule has 2 aromatic carbocycles. The molecule has 0 saturated carbocycles. The molecule has 0 radical (unpaired) electrons. The summed E-state index contributed by atoms with van der Waals surface area (Å²) in [6.07, 6.45) is 0. The Kier molecular flexibility index (Phi) is 6.98. The van der Waals surface area contributed by atoms with Crippen LogP contribution in [0.5, 0.6) is 0 Å². The third-order valence-corrected chi connectivity index (χ3v) is 5.41. The minimum absolute atomic E-state index is 0.0940. The summed E-state index contributed by atoms with van der Waals surface area (Å²) in [7, 11) is -3.79. The van der Waals surface area contributed by atoms with Gasteiger partial charge in [0.1, 0.15) is 6.04 Å². The number of hydrogen-bond donors (Lipinski definition) is 2. The quantitative estimate of drug-likeness (QED) is 0.626. The first-order valence-electron chi connectivity index (χ1n) is 8.09. The van der Waals surface area contributed by atoms with E-state index in [9.17, 15) is 18.0 Å². The van der Waals surface area contributed by atoms with Crippen molar-refractivity contribution in [1.82, 2.24) is 5.32 Å². The fourth-order valence-electron chi connectivity index (χ4n) is 2.16. The predicted octanol–water partition coefficient (Wildman–Crippen LogP) is 2.93. The van der Waals surface area contributed by atoms with Crippen molar-refractivity contribution in [3.05, 3.63) is 58.6 Å². The first kappa shape index (κ1) is 20.9. The maximum Gasteiger partial charge on any atom is 0.328 e. The first-order chi connectivity index (χ1) is 12.7. The molecule has 2 N–H and O–H groups in total. The van der Waals surface area contributed by atoms with Crippen LogP contribution in [-0.4, -0.2) is 32.9 Å². The van der Waals surface area contributed by atoms with Gasteiger partial charge in [-0.25, -0.2) is 13.2 Å². The van der Waals surface area contributed by atoms with Crippen LogP contribution in [0.4, 0.5) is 5.69 Å². The van der Waals surface area contributed by atoms with E-state index in [0.29, 0.717) is 0 Å². The maximum absolute atomic E-state index is 12.4. The van der Waals surface area contributed by atoms with Crippen LogP contribution in [0.1, 0.15) is 24.2 Å². The van der Waals surface area contributed by atoms with Gasteiger partial charge in [-0.15, -0.1) is 0 Å². The van der Waals surface area contributed by atoms with Gasteiger partial charge in [0.2, 0.25) is 0 Å². The van der Waals surface area contributed by atoms with Crippen molar-refractivity contribution < 1.29 is 22.7 Å². The maximum atomic E-state index is 12.4. The Bertz CT molecular complexity index is 929. The summed E-state index contributed by atoms with van der Waals surface area (Å²) >= 11 is 3.25. The van der Waals surface area contributed by atoms with Crippen LogP contribution in [0, 0.1) is 0 Å². The lowest BCUT2D eigenvalue weighted by Gasteiger charge is -2.13. The summed E-state index contributed by atoms with van der Waals surface area (Å²) in [5.41, 5.74) is 0.441. The van der Waals surface area contributed by atoms with Crippen LogP contribution in [-0.2, 0) is 19.6 Å². The number of ether oxygens (including phenoxy) is 1. The molecule has 0 saturated heterocycles. The summed E-state index contributed by atoms with van der Waals surface area (Å²) in [5, 5.41) is 2.51. The lowest BCUT2D eigenvalue weighted by atomic mass is 10.2. The standard InChI is InChI=1S/C18H19BrN2O5S/c1-3-26-18(23)12(2)20-17(22)13-5-4-6-15(11-13)21-27(24,25)16-9-7-14(19)8-10-16/h4-12,21H,3H2,1-2H3,(H,20,22). The molecule has 0 fully saturated rings. The van der Waals surface area contributed by atoms with E-state index in [4.69, 9.17) is 4.74 Å². The zero-order valence-electron chi connectivity index (χ0n) is 14.7. The average Bonchev–Trinajstić information content (AvgIpc) is 2.62. The number of carbonyl (C=O) groups excluding carboxylic acids is 2. The number of carbonyl (C=O) groups is 2. The number of esters is 1. The fraction of sp³-hybridized carbons (Fsp3) is 0.222. The third-order valence-electron chi connectivity index (χ3n) is 3.49. The Labute approximate surface area is 166 Å². The van der Waals surface area contributed by atoms with Crippen molar-refractivity contribution >= 4 is 43.5 Å². The van der Waals surface area contributed by atoms with Crippen LogP contribution >= 0.6 is 15.9 Å². The second-order valence-corrected chi connectivity index (χ2v) is 8.19. The predicted molar refractivity (Wildman–Crippen MR) is 105 cm³/mol. The van der Waals surface area contributed by atoms with Crippen molar-refractivity contribution in [1.29, 1.82) is 0 Å². The zero-order chi connectivity index (χ0) is 20.0. The number of anilines is 1. The lowest BCUT2D eigenvalue weighted by molar-refractivity contribution is -0.144. The number of hydrogen-bond acceptors (Lipinski definition) is 5. The van der Waals surface area contributed by atoms with E-state index in [-0.39, 0.29) is 22.8 Å². The monoisotopic (exact) mass is 454 g/mol. The lowest BCUT2D eigenvalue weighted by Crippen LogP contribution is -2.39. The van der Waals surface area contributed by atoms with E-state index in [2.05, 4.69) is 26.0 Å². The molecular formula is C18H19BrN2O5S. The molecule has 0 aliphatic carbocycles. The molecule has 144 valence electrons. The highest BCUT2D eigenvalue weighted by Gasteiger charge is 2.19. The molecule has 0 aliphatic rings. The molecule has 0 aliphatic heterocycles. The van der Waals surface area contributed by atoms with E-state index in [1.165, 1.54) is 37.3 Å². The molecule has 0 bridgehead atoms. The van der Waals surface area contributed by atoms with Gasteiger partial charge < -0.3 is 10.1 Å². The molecule has 7 nitrogen and oxygen atoms in total. The minimum atomic E-state index is -3.79. The van der Waals surface area contributed by atoms with Crippen molar-refractivity contribution in [2.45, 2.75) is 24.8 Å². The van der Waals surface area contributed by atoms with Gasteiger partial charge in [0.05, 0.1) is 11.5 Å². The van der Waals surface area contributed by atoms with E-state index in [1.54, 1.807) is 25.1 Å². The second kappa shape index (κ2) is 9.01. The number of rotatable bonds is 7. The van der Waals surface area contributed by atoms with Gasteiger partial charge in [-0.1, -0.05) is 22.0 Å². The SMILES string of the molecule is CCOC(=O)C(C)NC(=O)c1cccc(NS(=O)(=O)c2ccc(Br)cc2)c1. The van der Waals surface area contributed by atoms with E-state index in [0.717, 1.165) is 4.47 Å². The number of sulfonamides is 1. The number of halogens is 1. The molecule has 2 rings (SSSR count). The van der Waals surface area contributed by atoms with Gasteiger partial charge >= 0.3 is 5.97 Å². The van der Waals surface area contributed by atoms with E-state index in [1.807, 2.05) is 0 Å². The molecule has 1 unspecified atom stereocenters. The Hall–Kier alpha value is -2.39. The van der Waals surface area contributed by atoms with Crippen LogP contribution in [0.2, 0.25) is 0 Å². The molecular weight excluding hydrogens is 436 g/mol. The normalized spacial score (nSPS) is 12.1. The van der Waals surface area contributed by atoms with Gasteiger partial charge in [0.25, 0.3) is 15.9 Å². The van der Waals surface area contributed by atoms with E-state index >= 15 is 0 Å². The summed E-state index contributed by atoms with van der Waals surface area (Å²) in [6, 6.07) is 11.3. The summed E-state index contributed by atoms with van der Waals surface area (Å²) in [6.45, 7) is 3.40. The topological polar surface area (TPSA) is 102 Å². The van der Waals surface area contributed by atoms with Gasteiger partial charge in [-0.2, -0.15) is 0 Å². The van der Waals surface area contributed by atoms with Gasteiger partial charge in [-0.05, 0) is 56.3 Å². The average molecular weight is 455 g/mol. The van der Waals surface area contributed by atoms with Gasteiger partial charge in [0.15, 0.2) is 0 Å². The van der Waals surface area contributed by atoms with Gasteiger partial charge in [0, 0.05) is 15.7 Å². The molecule has 0 spiro atoms. The largest absolute Gasteiger partial charge is 0.464 e. The van der Waals surface area contributed by atoms with Crippen molar-refractivity contribution in [2.75, 3.05) is 11.3 Å². The molecule has 0 aromatic heterocycles. The number of nitrogens with one attached hydrogen (secondary N) is 2. The van der Waals surface area contributed by atoms with Crippen LogP contribution < -0.4 is 10.0 Å². The molecule has 27 heavy (non-hydrogen) atoms. The highest BCUT2D eigenvalue weighted by molar-refractivity contribution is 9.10. The second-order valence-electron chi connectivity index (χ2n) is 5.59. The Morgan fingerprint density at radius 1 is 1.15 bits per heavy atom. The van der Waals surface area contributed by atoms with Crippen LogP contribution in [0.3, 0.4) is 0 Å². The Morgan fingerprint density at radius 3 is 2.44 bits per heavy atom. The smallest absolute Gasteiger partial charge is 0.328 e. The Morgan fingerprint density at radius 2 is 1.81 bits per heavy atom. The third kappa shape index (κ3) is 5.80. The highest BCUT2D eigenvalue weighted by atomic mass is 79.9. The molecule has 0 heterocycles. The molecule has 9 heteroatoms. The van der Waals surface area contributed by atoms with Crippen molar-refractivity contribution in [3.8, 4) is 0 Å². The zero-order valence-corrected chi connectivity index (χ0v) is 17.1. The van der Waals surface area contributed by atoms with Crippen molar-refractivity contribution in [2.24, 2.45) is 0 Å². The summed E-state index contributed by atoms with van der Waals surface area (Å²) in [5.74, 6) is -1.06.